The topological polar surface area (TPSA) is 59.1 Å². The number of hydrogen-bond donors (Lipinski definition) is 1. The van der Waals surface area contributed by atoms with Crippen molar-refractivity contribution in [2.45, 2.75) is 24.2 Å². The normalized spacial score (nSPS) is 16.0. The van der Waals surface area contributed by atoms with Gasteiger partial charge in [-0.15, -0.1) is 0 Å². The fourth-order valence-electron chi connectivity index (χ4n) is 4.47. The van der Waals surface area contributed by atoms with Crippen LogP contribution in [0.15, 0.2) is 83.9 Å². The Morgan fingerprint density at radius 3 is 2.69 bits per heavy atom. The maximum Gasteiger partial charge on any atom is 0.178 e. The first-order chi connectivity index (χ1) is 15.5. The van der Waals surface area contributed by atoms with Gasteiger partial charge in [0.1, 0.15) is 5.82 Å². The SMILES string of the molecule is O=S(=O)(CC1CCc2ccccc2C1)c1cccc(Nc2nccc3ccc(Cl)cc23)c1. The van der Waals surface area contributed by atoms with E-state index in [0.717, 1.165) is 30.0 Å². The number of anilines is 2. The lowest BCUT2D eigenvalue weighted by molar-refractivity contribution is 0.491. The predicted molar refractivity (Wildman–Crippen MR) is 130 cm³/mol. The quantitative estimate of drug-likeness (QED) is 0.383. The Morgan fingerprint density at radius 2 is 1.81 bits per heavy atom. The van der Waals surface area contributed by atoms with Crippen LogP contribution in [0.5, 0.6) is 0 Å². The van der Waals surface area contributed by atoms with Crippen molar-refractivity contribution in [3.8, 4) is 0 Å². The van der Waals surface area contributed by atoms with E-state index in [1.165, 1.54) is 11.1 Å². The average Bonchev–Trinajstić information content (AvgIpc) is 2.79. The minimum atomic E-state index is -3.41. The number of pyridine rings is 1. The summed E-state index contributed by atoms with van der Waals surface area (Å²) in [4.78, 5) is 4.76. The third-order valence-corrected chi connectivity index (χ3v) is 8.21. The van der Waals surface area contributed by atoms with Gasteiger partial charge in [-0.2, -0.15) is 0 Å². The molecule has 32 heavy (non-hydrogen) atoms. The lowest BCUT2D eigenvalue weighted by Gasteiger charge is -2.24. The van der Waals surface area contributed by atoms with Crippen molar-refractivity contribution in [1.29, 1.82) is 0 Å². The van der Waals surface area contributed by atoms with Crippen molar-refractivity contribution in [1.82, 2.24) is 4.98 Å². The van der Waals surface area contributed by atoms with E-state index in [1.807, 2.05) is 42.5 Å². The molecule has 0 saturated heterocycles. The summed E-state index contributed by atoms with van der Waals surface area (Å²) in [6.45, 7) is 0. The fraction of sp³-hybridized carbons (Fsp3) is 0.192. The minimum absolute atomic E-state index is 0.133. The number of nitrogens with zero attached hydrogens (tertiary/aromatic N) is 1. The molecule has 0 amide bonds. The molecule has 1 unspecified atom stereocenters. The van der Waals surface area contributed by atoms with Crippen LogP contribution in [-0.4, -0.2) is 19.2 Å². The summed E-state index contributed by atoms with van der Waals surface area (Å²) in [5.41, 5.74) is 3.30. The van der Waals surface area contributed by atoms with E-state index in [0.29, 0.717) is 21.4 Å². The fourth-order valence-corrected chi connectivity index (χ4v) is 6.33. The monoisotopic (exact) mass is 462 g/mol. The van der Waals surface area contributed by atoms with Gasteiger partial charge in [0, 0.05) is 22.3 Å². The minimum Gasteiger partial charge on any atom is -0.340 e. The molecular formula is C26H23ClN2O2S. The molecule has 1 aromatic heterocycles. The van der Waals surface area contributed by atoms with Crippen LogP contribution >= 0.6 is 11.6 Å². The number of sulfone groups is 1. The molecular weight excluding hydrogens is 440 g/mol. The zero-order chi connectivity index (χ0) is 22.1. The van der Waals surface area contributed by atoms with E-state index >= 15 is 0 Å². The molecule has 4 aromatic rings. The number of benzene rings is 3. The number of hydrogen-bond acceptors (Lipinski definition) is 4. The lowest BCUT2D eigenvalue weighted by Crippen LogP contribution is -2.23. The van der Waals surface area contributed by atoms with Gasteiger partial charge < -0.3 is 5.32 Å². The van der Waals surface area contributed by atoms with Crippen LogP contribution in [0.4, 0.5) is 11.5 Å². The van der Waals surface area contributed by atoms with Gasteiger partial charge in [0.05, 0.1) is 10.6 Å². The molecule has 1 aliphatic rings. The van der Waals surface area contributed by atoms with Crippen LogP contribution in [0, 0.1) is 5.92 Å². The Bertz CT molecular complexity index is 1400. The molecule has 4 nitrogen and oxygen atoms in total. The lowest BCUT2D eigenvalue weighted by atomic mass is 9.85. The molecule has 1 N–H and O–H groups in total. The molecule has 3 aromatic carbocycles. The second kappa shape index (κ2) is 8.57. The number of aryl methyl sites for hydroxylation is 1. The Balaban J connectivity index is 1.38. The van der Waals surface area contributed by atoms with Gasteiger partial charge in [-0.05, 0) is 78.1 Å². The second-order valence-corrected chi connectivity index (χ2v) is 10.8. The smallest absolute Gasteiger partial charge is 0.178 e. The highest BCUT2D eigenvalue weighted by molar-refractivity contribution is 7.91. The third-order valence-electron chi connectivity index (χ3n) is 6.09. The molecule has 0 spiro atoms. The summed E-state index contributed by atoms with van der Waals surface area (Å²) in [7, 11) is -3.41. The molecule has 1 atom stereocenters. The Kier molecular flexibility index (Phi) is 5.62. The van der Waals surface area contributed by atoms with Gasteiger partial charge in [-0.1, -0.05) is 48.0 Å². The summed E-state index contributed by atoms with van der Waals surface area (Å²) < 4.78 is 26.4. The standard InChI is InChI=1S/C26H23ClN2O2S/c27-22-11-10-20-12-13-28-26(25(20)15-22)29-23-6-3-7-24(16-23)32(30,31)17-18-8-9-19-4-1-2-5-21(19)14-18/h1-7,10-13,15-16,18H,8-9,14,17H2,(H,28,29). The molecule has 162 valence electrons. The highest BCUT2D eigenvalue weighted by atomic mass is 35.5. The van der Waals surface area contributed by atoms with Crippen molar-refractivity contribution in [2.24, 2.45) is 5.92 Å². The van der Waals surface area contributed by atoms with Gasteiger partial charge in [-0.25, -0.2) is 13.4 Å². The van der Waals surface area contributed by atoms with E-state index in [2.05, 4.69) is 22.4 Å². The molecule has 0 fully saturated rings. The van der Waals surface area contributed by atoms with Crippen molar-refractivity contribution >= 4 is 43.7 Å². The molecule has 1 heterocycles. The van der Waals surface area contributed by atoms with Crippen LogP contribution in [0.2, 0.25) is 5.02 Å². The van der Waals surface area contributed by atoms with Gasteiger partial charge in [0.15, 0.2) is 9.84 Å². The van der Waals surface area contributed by atoms with Crippen LogP contribution in [0.25, 0.3) is 10.8 Å². The summed E-state index contributed by atoms with van der Waals surface area (Å²) >= 11 is 6.17. The van der Waals surface area contributed by atoms with E-state index in [-0.39, 0.29) is 11.7 Å². The van der Waals surface area contributed by atoms with E-state index in [4.69, 9.17) is 11.6 Å². The Morgan fingerprint density at radius 1 is 0.969 bits per heavy atom. The molecule has 0 radical (unpaired) electrons. The van der Waals surface area contributed by atoms with Gasteiger partial charge in [0.2, 0.25) is 0 Å². The van der Waals surface area contributed by atoms with Gasteiger partial charge in [0.25, 0.3) is 0 Å². The number of nitrogens with one attached hydrogen (secondary N) is 1. The highest BCUT2D eigenvalue weighted by Gasteiger charge is 2.25. The average molecular weight is 463 g/mol. The summed E-state index contributed by atoms with van der Waals surface area (Å²) in [5, 5.41) is 5.78. The summed E-state index contributed by atoms with van der Waals surface area (Å²) in [6.07, 6.45) is 4.37. The maximum absolute atomic E-state index is 13.2. The Hall–Kier alpha value is -2.89. The highest BCUT2D eigenvalue weighted by Crippen LogP contribution is 2.30. The van der Waals surface area contributed by atoms with Crippen LogP contribution in [0.1, 0.15) is 17.5 Å². The Labute approximate surface area is 193 Å². The largest absolute Gasteiger partial charge is 0.340 e. The van der Waals surface area contributed by atoms with E-state index in [1.54, 1.807) is 24.4 Å². The van der Waals surface area contributed by atoms with E-state index < -0.39 is 9.84 Å². The second-order valence-electron chi connectivity index (χ2n) is 8.34. The first-order valence-electron chi connectivity index (χ1n) is 10.7. The molecule has 0 saturated carbocycles. The van der Waals surface area contributed by atoms with Crippen LogP contribution < -0.4 is 5.32 Å². The van der Waals surface area contributed by atoms with Crippen molar-refractivity contribution < 1.29 is 8.42 Å². The maximum atomic E-state index is 13.2. The van der Waals surface area contributed by atoms with Crippen molar-refractivity contribution in [3.63, 3.8) is 0 Å². The van der Waals surface area contributed by atoms with Crippen molar-refractivity contribution in [2.75, 3.05) is 11.1 Å². The number of halogens is 1. The first kappa shape index (κ1) is 21.0. The van der Waals surface area contributed by atoms with Crippen molar-refractivity contribution in [3.05, 3.63) is 95.1 Å². The molecule has 0 bridgehead atoms. The molecule has 5 rings (SSSR count). The van der Waals surface area contributed by atoms with Gasteiger partial charge >= 0.3 is 0 Å². The zero-order valence-corrected chi connectivity index (χ0v) is 19.0. The predicted octanol–water partition coefficient (Wildman–Crippen LogP) is 6.21. The van der Waals surface area contributed by atoms with Crippen LogP contribution in [0.3, 0.4) is 0 Å². The number of fused-ring (bicyclic) bond motifs is 2. The number of rotatable bonds is 5. The summed E-state index contributed by atoms with van der Waals surface area (Å²) in [6, 6.07) is 22.9. The van der Waals surface area contributed by atoms with Crippen LogP contribution in [-0.2, 0) is 22.7 Å². The van der Waals surface area contributed by atoms with E-state index in [9.17, 15) is 8.42 Å². The summed E-state index contributed by atoms with van der Waals surface area (Å²) in [5.74, 6) is 0.934. The molecule has 1 aliphatic carbocycles. The van der Waals surface area contributed by atoms with Gasteiger partial charge in [-0.3, -0.25) is 0 Å². The first-order valence-corrected chi connectivity index (χ1v) is 12.7. The third kappa shape index (κ3) is 4.36. The zero-order valence-electron chi connectivity index (χ0n) is 17.5. The molecule has 0 aliphatic heterocycles. The molecule has 6 heteroatoms. The number of aromatic nitrogens is 1.